The van der Waals surface area contributed by atoms with Gasteiger partial charge in [-0.2, -0.15) is 9.57 Å². The van der Waals surface area contributed by atoms with E-state index in [1.807, 2.05) is 6.07 Å². The van der Waals surface area contributed by atoms with Gasteiger partial charge in [0.15, 0.2) is 0 Å². The Morgan fingerprint density at radius 3 is 2.52 bits per heavy atom. The van der Waals surface area contributed by atoms with E-state index in [-0.39, 0.29) is 29.6 Å². The zero-order chi connectivity index (χ0) is 18.0. The lowest BCUT2D eigenvalue weighted by molar-refractivity contribution is 0.280. The number of hydrogen-bond donors (Lipinski definition) is 1. The number of anilines is 1. The molecule has 1 N–H and O–H groups in total. The number of nitriles is 1. The number of halogens is 1. The topological polar surface area (TPSA) is 82.4 Å². The molecule has 2 aromatic rings. The second-order valence-corrected chi connectivity index (χ2v) is 7.55. The second kappa shape index (κ2) is 6.70. The first-order valence-corrected chi connectivity index (χ1v) is 8.99. The molecule has 0 unspecified atom stereocenters. The molecule has 2 aromatic carbocycles. The second-order valence-electron chi connectivity index (χ2n) is 5.61. The average Bonchev–Trinajstić information content (AvgIpc) is 2.57. The molecule has 8 heteroatoms. The minimum absolute atomic E-state index is 0.0704. The van der Waals surface area contributed by atoms with Crippen LogP contribution in [0.25, 0.3) is 0 Å². The molecule has 1 heterocycles. The Hall–Kier alpha value is -2.63. The van der Waals surface area contributed by atoms with Gasteiger partial charge in [-0.1, -0.05) is 6.07 Å². The van der Waals surface area contributed by atoms with Crippen molar-refractivity contribution in [3.8, 4) is 11.8 Å². The zero-order valence-electron chi connectivity index (χ0n) is 13.4. The first-order valence-electron chi connectivity index (χ1n) is 7.55. The Bertz CT molecular complexity index is 917. The minimum atomic E-state index is -3.58. The lowest BCUT2D eigenvalue weighted by atomic mass is 10.1. The van der Waals surface area contributed by atoms with Crippen molar-refractivity contribution in [1.29, 1.82) is 5.26 Å². The molecular weight excluding hydrogens is 345 g/mol. The summed E-state index contributed by atoms with van der Waals surface area (Å²) in [6.07, 6.45) is 0. The van der Waals surface area contributed by atoms with Crippen molar-refractivity contribution in [3.05, 3.63) is 53.8 Å². The first kappa shape index (κ1) is 17.2. The summed E-state index contributed by atoms with van der Waals surface area (Å²) in [6, 6.07) is 12.1. The standard InChI is InChI=1S/C17H16FN3O3S/c1-24-13-5-7-14(8-6-13)25(22,23)21-10-12(11-21)20-17-4-2-3-16(18)15(17)9-19/h2-8,12,20H,10-11H2,1H3. The van der Waals surface area contributed by atoms with E-state index >= 15 is 0 Å². The largest absolute Gasteiger partial charge is 0.497 e. The fourth-order valence-electron chi connectivity index (χ4n) is 2.60. The number of hydrogen-bond acceptors (Lipinski definition) is 5. The molecule has 1 aliphatic heterocycles. The van der Waals surface area contributed by atoms with Crippen LogP contribution in [-0.4, -0.2) is 39.0 Å². The highest BCUT2D eigenvalue weighted by molar-refractivity contribution is 7.89. The molecule has 0 aliphatic carbocycles. The summed E-state index contributed by atoms with van der Waals surface area (Å²) >= 11 is 0. The van der Waals surface area contributed by atoms with Crippen LogP contribution in [0.5, 0.6) is 5.75 Å². The summed E-state index contributed by atoms with van der Waals surface area (Å²) in [4.78, 5) is 0.190. The van der Waals surface area contributed by atoms with E-state index in [4.69, 9.17) is 10.00 Å². The van der Waals surface area contributed by atoms with Gasteiger partial charge in [0.1, 0.15) is 23.2 Å². The van der Waals surface area contributed by atoms with Crippen LogP contribution in [0.4, 0.5) is 10.1 Å². The third-order valence-corrected chi connectivity index (χ3v) is 5.88. The van der Waals surface area contributed by atoms with Gasteiger partial charge in [-0.05, 0) is 36.4 Å². The highest BCUT2D eigenvalue weighted by atomic mass is 32.2. The number of sulfonamides is 1. The molecule has 0 saturated carbocycles. The number of nitrogens with one attached hydrogen (secondary N) is 1. The summed E-state index contributed by atoms with van der Waals surface area (Å²) in [6.45, 7) is 0.492. The normalized spacial score (nSPS) is 15.2. The van der Waals surface area contributed by atoms with E-state index in [1.165, 1.54) is 35.7 Å². The van der Waals surface area contributed by atoms with E-state index in [2.05, 4.69) is 5.32 Å². The van der Waals surface area contributed by atoms with Gasteiger partial charge in [0.2, 0.25) is 10.0 Å². The number of nitrogens with zero attached hydrogens (tertiary/aromatic N) is 2. The van der Waals surface area contributed by atoms with Crippen LogP contribution in [0.15, 0.2) is 47.4 Å². The Labute approximate surface area is 145 Å². The number of methoxy groups -OCH3 is 1. The Balaban J connectivity index is 1.68. The third kappa shape index (κ3) is 3.29. The van der Waals surface area contributed by atoms with Crippen molar-refractivity contribution in [2.75, 3.05) is 25.5 Å². The fourth-order valence-corrected chi connectivity index (χ4v) is 4.13. The molecule has 1 aliphatic rings. The van der Waals surface area contributed by atoms with Gasteiger partial charge in [-0.15, -0.1) is 0 Å². The van der Waals surface area contributed by atoms with Crippen LogP contribution in [-0.2, 0) is 10.0 Å². The summed E-state index contributed by atoms with van der Waals surface area (Å²) in [5.74, 6) is -0.0215. The van der Waals surface area contributed by atoms with Crippen molar-refractivity contribution < 1.29 is 17.5 Å². The maximum Gasteiger partial charge on any atom is 0.243 e. The maximum absolute atomic E-state index is 13.6. The average molecular weight is 361 g/mol. The third-order valence-electron chi connectivity index (χ3n) is 4.03. The van der Waals surface area contributed by atoms with Crippen LogP contribution < -0.4 is 10.1 Å². The Morgan fingerprint density at radius 1 is 1.24 bits per heavy atom. The molecule has 1 fully saturated rings. The molecule has 3 rings (SSSR count). The molecule has 0 aromatic heterocycles. The first-order chi connectivity index (χ1) is 12.0. The molecule has 1 saturated heterocycles. The van der Waals surface area contributed by atoms with Crippen LogP contribution in [0, 0.1) is 17.1 Å². The fraction of sp³-hybridized carbons (Fsp3) is 0.235. The van der Waals surface area contributed by atoms with Gasteiger partial charge in [0.25, 0.3) is 0 Å². The van der Waals surface area contributed by atoms with E-state index in [0.29, 0.717) is 11.4 Å². The number of rotatable bonds is 5. The zero-order valence-corrected chi connectivity index (χ0v) is 14.3. The molecule has 25 heavy (non-hydrogen) atoms. The van der Waals surface area contributed by atoms with Crippen molar-refractivity contribution in [2.24, 2.45) is 0 Å². The number of benzene rings is 2. The van der Waals surface area contributed by atoms with Gasteiger partial charge in [0, 0.05) is 13.1 Å². The van der Waals surface area contributed by atoms with Crippen molar-refractivity contribution in [2.45, 2.75) is 10.9 Å². The van der Waals surface area contributed by atoms with E-state index in [9.17, 15) is 12.8 Å². The molecule has 6 nitrogen and oxygen atoms in total. The molecular formula is C17H16FN3O3S. The highest BCUT2D eigenvalue weighted by Gasteiger charge is 2.37. The highest BCUT2D eigenvalue weighted by Crippen LogP contribution is 2.26. The summed E-state index contributed by atoms with van der Waals surface area (Å²) in [7, 11) is -2.07. The van der Waals surface area contributed by atoms with Crippen LogP contribution in [0.2, 0.25) is 0 Å². The summed E-state index contributed by atoms with van der Waals surface area (Å²) < 4.78 is 45.0. The van der Waals surface area contributed by atoms with Gasteiger partial charge >= 0.3 is 0 Å². The Morgan fingerprint density at radius 2 is 1.92 bits per heavy atom. The van der Waals surface area contributed by atoms with Crippen LogP contribution in [0.1, 0.15) is 5.56 Å². The maximum atomic E-state index is 13.6. The molecule has 0 bridgehead atoms. The smallest absolute Gasteiger partial charge is 0.243 e. The van der Waals surface area contributed by atoms with Gasteiger partial charge in [-0.3, -0.25) is 0 Å². The lowest BCUT2D eigenvalue weighted by Crippen LogP contribution is -2.56. The van der Waals surface area contributed by atoms with Crippen LogP contribution >= 0.6 is 0 Å². The van der Waals surface area contributed by atoms with E-state index < -0.39 is 15.8 Å². The predicted octanol–water partition coefficient (Wildman–Crippen LogP) is 2.19. The van der Waals surface area contributed by atoms with Crippen LogP contribution in [0.3, 0.4) is 0 Å². The molecule has 0 spiro atoms. The SMILES string of the molecule is COc1ccc(S(=O)(=O)N2CC(Nc3cccc(F)c3C#N)C2)cc1. The van der Waals surface area contributed by atoms with Crippen molar-refractivity contribution >= 4 is 15.7 Å². The molecule has 0 atom stereocenters. The quantitative estimate of drug-likeness (QED) is 0.883. The van der Waals surface area contributed by atoms with E-state index in [0.717, 1.165) is 0 Å². The van der Waals surface area contributed by atoms with Gasteiger partial charge < -0.3 is 10.1 Å². The monoisotopic (exact) mass is 361 g/mol. The lowest BCUT2D eigenvalue weighted by Gasteiger charge is -2.39. The molecule has 0 radical (unpaired) electrons. The van der Waals surface area contributed by atoms with Crippen molar-refractivity contribution in [3.63, 3.8) is 0 Å². The summed E-state index contributed by atoms with van der Waals surface area (Å²) in [5.41, 5.74) is 0.299. The van der Waals surface area contributed by atoms with Gasteiger partial charge in [-0.25, -0.2) is 12.8 Å². The van der Waals surface area contributed by atoms with Gasteiger partial charge in [0.05, 0.1) is 23.7 Å². The molecule has 0 amide bonds. The number of ether oxygens (including phenoxy) is 1. The predicted molar refractivity (Wildman–Crippen MR) is 90.3 cm³/mol. The molecule has 130 valence electrons. The minimum Gasteiger partial charge on any atom is -0.497 e. The van der Waals surface area contributed by atoms with Crippen molar-refractivity contribution in [1.82, 2.24) is 4.31 Å². The summed E-state index contributed by atoms with van der Waals surface area (Å²) in [5, 5.41) is 12.1. The van der Waals surface area contributed by atoms with E-state index in [1.54, 1.807) is 18.2 Å². The Kier molecular flexibility index (Phi) is 4.61.